The molecule has 5 nitrogen and oxygen atoms in total. The molecule has 2 fully saturated rings. The van der Waals surface area contributed by atoms with Crippen LogP contribution in [0.1, 0.15) is 38.2 Å². The van der Waals surface area contributed by atoms with Crippen molar-refractivity contribution < 1.29 is 9.59 Å². The number of benzene rings is 1. The molecule has 2 heterocycles. The average molecular weight is 390 g/mol. The maximum absolute atomic E-state index is 12.6. The van der Waals surface area contributed by atoms with Gasteiger partial charge in [0.1, 0.15) is 0 Å². The van der Waals surface area contributed by atoms with Gasteiger partial charge in [0.15, 0.2) is 0 Å². The first-order valence-corrected chi connectivity index (χ1v) is 9.42. The van der Waals surface area contributed by atoms with Crippen LogP contribution in [0.2, 0.25) is 0 Å². The zero-order valence-corrected chi connectivity index (χ0v) is 16.8. The fourth-order valence-corrected chi connectivity index (χ4v) is 3.78. The number of hydrogen-bond acceptors (Lipinski definition) is 3. The van der Waals surface area contributed by atoms with E-state index in [1.807, 2.05) is 31.3 Å². The first-order chi connectivity index (χ1) is 12.5. The van der Waals surface area contributed by atoms with Crippen molar-refractivity contribution in [2.45, 2.75) is 38.6 Å². The first kappa shape index (κ1) is 21.3. The summed E-state index contributed by atoms with van der Waals surface area (Å²) in [5, 5.41) is 2.80. The first-order valence-electron chi connectivity index (χ1n) is 9.42. The Morgan fingerprint density at radius 1 is 1.22 bits per heavy atom. The van der Waals surface area contributed by atoms with E-state index in [-0.39, 0.29) is 36.2 Å². The fourth-order valence-electron chi connectivity index (χ4n) is 3.78. The summed E-state index contributed by atoms with van der Waals surface area (Å²) >= 11 is 0. The number of nitrogens with one attached hydrogen (secondary N) is 1. The maximum atomic E-state index is 12.6. The molecule has 27 heavy (non-hydrogen) atoms. The van der Waals surface area contributed by atoms with E-state index in [4.69, 9.17) is 0 Å². The Kier molecular flexibility index (Phi) is 7.70. The summed E-state index contributed by atoms with van der Waals surface area (Å²) < 4.78 is 0. The zero-order valence-electron chi connectivity index (χ0n) is 16.0. The molecule has 146 valence electrons. The molecule has 0 radical (unpaired) electrons. The molecule has 2 aliphatic rings. The number of rotatable bonds is 3. The largest absolute Gasteiger partial charge is 0.332 e. The quantitative estimate of drug-likeness (QED) is 0.809. The molecule has 2 saturated heterocycles. The lowest BCUT2D eigenvalue weighted by Gasteiger charge is -2.28. The summed E-state index contributed by atoms with van der Waals surface area (Å²) in [4.78, 5) is 28.1. The molecule has 1 aromatic rings. The molecule has 1 N–H and O–H groups in total. The Morgan fingerprint density at radius 2 is 1.93 bits per heavy atom. The van der Waals surface area contributed by atoms with Gasteiger partial charge in [0.05, 0.1) is 17.6 Å². The lowest BCUT2D eigenvalue weighted by molar-refractivity contribution is -0.130. The van der Waals surface area contributed by atoms with Gasteiger partial charge in [-0.3, -0.25) is 9.59 Å². The Balaban J connectivity index is 0.00000261. The number of nitrogens with zero attached hydrogens (tertiary/aromatic N) is 2. The summed E-state index contributed by atoms with van der Waals surface area (Å²) in [7, 11) is 1.84. The van der Waals surface area contributed by atoms with Gasteiger partial charge < -0.3 is 15.1 Å². The van der Waals surface area contributed by atoms with Crippen LogP contribution in [0.15, 0.2) is 24.3 Å². The van der Waals surface area contributed by atoms with Gasteiger partial charge in [0.2, 0.25) is 11.8 Å². The van der Waals surface area contributed by atoms with Crippen LogP contribution in [0.3, 0.4) is 0 Å². The number of carbonyl (C=O) groups excluding carboxylic acids is 2. The van der Waals surface area contributed by atoms with Crippen molar-refractivity contribution in [3.63, 3.8) is 0 Å². The molecule has 2 aliphatic heterocycles. The van der Waals surface area contributed by atoms with Gasteiger partial charge in [-0.25, -0.2) is 0 Å². The van der Waals surface area contributed by atoms with Gasteiger partial charge in [-0.1, -0.05) is 30.4 Å². The summed E-state index contributed by atoms with van der Waals surface area (Å²) in [6, 6.07) is 7.44. The predicted molar refractivity (Wildman–Crippen MR) is 110 cm³/mol. The SMILES string of the molecule is CC(=O)Nc1ccccc1C#CC1CC(CN2CCCCC2)C(=O)N1C.Cl. The minimum Gasteiger partial charge on any atom is -0.332 e. The van der Waals surface area contributed by atoms with Crippen LogP contribution in [-0.4, -0.2) is 54.3 Å². The van der Waals surface area contributed by atoms with Crippen molar-refractivity contribution in [1.82, 2.24) is 9.80 Å². The van der Waals surface area contributed by atoms with E-state index < -0.39 is 0 Å². The average Bonchev–Trinajstić information content (AvgIpc) is 2.89. The zero-order chi connectivity index (χ0) is 18.5. The minimum absolute atomic E-state index is 0. The van der Waals surface area contributed by atoms with E-state index in [1.54, 1.807) is 4.90 Å². The second-order valence-corrected chi connectivity index (χ2v) is 7.25. The highest BCUT2D eigenvalue weighted by molar-refractivity contribution is 5.90. The van der Waals surface area contributed by atoms with Crippen LogP contribution in [0, 0.1) is 17.8 Å². The number of amides is 2. The monoisotopic (exact) mass is 389 g/mol. The molecule has 2 unspecified atom stereocenters. The number of anilines is 1. The van der Waals surface area contributed by atoms with Crippen LogP contribution < -0.4 is 5.32 Å². The highest BCUT2D eigenvalue weighted by Gasteiger charge is 2.37. The van der Waals surface area contributed by atoms with Crippen LogP contribution in [0.5, 0.6) is 0 Å². The van der Waals surface area contributed by atoms with Crippen molar-refractivity contribution in [1.29, 1.82) is 0 Å². The number of hydrogen-bond donors (Lipinski definition) is 1. The summed E-state index contributed by atoms with van der Waals surface area (Å²) in [6.45, 7) is 4.55. The minimum atomic E-state index is -0.117. The van der Waals surface area contributed by atoms with E-state index in [9.17, 15) is 9.59 Å². The van der Waals surface area contributed by atoms with Crippen molar-refractivity contribution in [3.05, 3.63) is 29.8 Å². The number of likely N-dealkylation sites (tertiary alicyclic amines) is 2. The Labute approximate surface area is 167 Å². The molecular weight excluding hydrogens is 362 g/mol. The second kappa shape index (κ2) is 9.77. The van der Waals surface area contributed by atoms with Crippen LogP contribution in [0.25, 0.3) is 0 Å². The van der Waals surface area contributed by atoms with E-state index >= 15 is 0 Å². The highest BCUT2D eigenvalue weighted by atomic mass is 35.5. The number of para-hydroxylation sites is 1. The van der Waals surface area contributed by atoms with Gasteiger partial charge in [-0.05, 0) is 44.5 Å². The highest BCUT2D eigenvalue weighted by Crippen LogP contribution is 2.25. The van der Waals surface area contributed by atoms with Crippen LogP contribution in [-0.2, 0) is 9.59 Å². The molecule has 2 amide bonds. The lowest BCUT2D eigenvalue weighted by atomic mass is 10.0. The molecule has 2 atom stereocenters. The molecule has 6 heteroatoms. The maximum Gasteiger partial charge on any atom is 0.227 e. The molecule has 0 aromatic heterocycles. The number of piperidine rings is 1. The fraction of sp³-hybridized carbons (Fsp3) is 0.524. The lowest BCUT2D eigenvalue weighted by Crippen LogP contribution is -2.37. The van der Waals surface area contributed by atoms with Gasteiger partial charge in [-0.2, -0.15) is 0 Å². The van der Waals surface area contributed by atoms with Crippen molar-refractivity contribution in [2.75, 3.05) is 32.0 Å². The van der Waals surface area contributed by atoms with Crippen molar-refractivity contribution in [3.8, 4) is 11.8 Å². The summed E-state index contributed by atoms with van der Waals surface area (Å²) in [6.07, 6.45) is 4.55. The molecule has 0 saturated carbocycles. The topological polar surface area (TPSA) is 52.7 Å². The van der Waals surface area contributed by atoms with Gasteiger partial charge >= 0.3 is 0 Å². The third-order valence-electron chi connectivity index (χ3n) is 5.21. The molecule has 0 aliphatic carbocycles. The molecule has 0 bridgehead atoms. The van der Waals surface area contributed by atoms with Crippen molar-refractivity contribution in [2.24, 2.45) is 5.92 Å². The second-order valence-electron chi connectivity index (χ2n) is 7.25. The molecule has 0 spiro atoms. The van der Waals surface area contributed by atoms with E-state index in [2.05, 4.69) is 22.1 Å². The van der Waals surface area contributed by atoms with Gasteiger partial charge in [0.25, 0.3) is 0 Å². The standard InChI is InChI=1S/C21H27N3O2.ClH/c1-16(25)22-20-9-5-4-8-17(20)10-11-19-14-18(21(26)23(19)2)15-24-12-6-3-7-13-24;/h4-5,8-9,18-19H,3,6-7,12-15H2,1-2H3,(H,22,25);1H. The molecule has 3 rings (SSSR count). The van der Waals surface area contributed by atoms with Gasteiger partial charge in [-0.15, -0.1) is 12.4 Å². The Bertz CT molecular complexity index is 734. The summed E-state index contributed by atoms with van der Waals surface area (Å²) in [5.74, 6) is 6.53. The normalized spacial score (nSPS) is 22.6. The predicted octanol–water partition coefficient (Wildman–Crippen LogP) is 2.75. The Morgan fingerprint density at radius 3 is 2.63 bits per heavy atom. The third kappa shape index (κ3) is 5.47. The van der Waals surface area contributed by atoms with E-state index in [1.165, 1.54) is 26.2 Å². The third-order valence-corrected chi connectivity index (χ3v) is 5.21. The van der Waals surface area contributed by atoms with Crippen LogP contribution >= 0.6 is 12.4 Å². The smallest absolute Gasteiger partial charge is 0.227 e. The van der Waals surface area contributed by atoms with Crippen molar-refractivity contribution >= 4 is 29.9 Å². The van der Waals surface area contributed by atoms with Crippen LogP contribution in [0.4, 0.5) is 5.69 Å². The molecular formula is C21H28ClN3O2. The number of carbonyl (C=O) groups is 2. The Hall–Kier alpha value is -2.03. The van der Waals surface area contributed by atoms with E-state index in [0.717, 1.165) is 31.6 Å². The van der Waals surface area contributed by atoms with E-state index in [0.29, 0.717) is 5.69 Å². The van der Waals surface area contributed by atoms with Gasteiger partial charge in [0, 0.05) is 26.1 Å². The number of halogens is 1. The summed E-state index contributed by atoms with van der Waals surface area (Å²) in [5.41, 5.74) is 1.49. The molecule has 1 aromatic carbocycles.